The predicted molar refractivity (Wildman–Crippen MR) is 62.5 cm³/mol. The lowest BCUT2D eigenvalue weighted by Crippen LogP contribution is -2.46. The third kappa shape index (κ3) is 5.78. The molecule has 1 amide bonds. The Labute approximate surface area is 110 Å². The van der Waals surface area contributed by atoms with Crippen LogP contribution in [0, 0.1) is 5.92 Å². The Balaban J connectivity index is 2.26. The van der Waals surface area contributed by atoms with Gasteiger partial charge in [0.15, 0.2) is 0 Å². The number of halogens is 3. The number of likely N-dealkylation sites (tertiary alicyclic amines) is 1. The van der Waals surface area contributed by atoms with E-state index in [4.69, 9.17) is 0 Å². The van der Waals surface area contributed by atoms with Crippen LogP contribution in [0.4, 0.5) is 13.2 Å². The average Bonchev–Trinajstić information content (AvgIpc) is 2.33. The molecule has 1 saturated heterocycles. The summed E-state index contributed by atoms with van der Waals surface area (Å²) < 4.78 is 39.9. The van der Waals surface area contributed by atoms with Crippen molar-refractivity contribution in [1.29, 1.82) is 0 Å². The van der Waals surface area contributed by atoms with E-state index < -0.39 is 18.9 Å². The number of ether oxygens (including phenoxy) is 1. The van der Waals surface area contributed by atoms with Crippen LogP contribution in [0.2, 0.25) is 0 Å². The number of alkyl halides is 3. The van der Waals surface area contributed by atoms with Crippen molar-refractivity contribution in [2.45, 2.75) is 38.5 Å². The molecule has 2 unspecified atom stereocenters. The minimum absolute atomic E-state index is 0.0498. The van der Waals surface area contributed by atoms with Crippen molar-refractivity contribution in [3.63, 3.8) is 0 Å². The minimum Gasteiger partial charge on any atom is -0.393 e. The van der Waals surface area contributed by atoms with E-state index in [1.165, 1.54) is 0 Å². The molecule has 1 fully saturated rings. The second kappa shape index (κ2) is 7.09. The summed E-state index contributed by atoms with van der Waals surface area (Å²) in [6.07, 6.45) is -3.51. The van der Waals surface area contributed by atoms with Gasteiger partial charge in [-0.25, -0.2) is 0 Å². The van der Waals surface area contributed by atoms with Crippen LogP contribution in [0.1, 0.15) is 26.2 Å². The molecule has 1 heterocycles. The van der Waals surface area contributed by atoms with Crippen molar-refractivity contribution >= 4 is 5.91 Å². The number of amides is 1. The molecule has 0 aromatic carbocycles. The van der Waals surface area contributed by atoms with Crippen LogP contribution in [-0.4, -0.2) is 54.5 Å². The first kappa shape index (κ1) is 16.2. The molecule has 0 aromatic heterocycles. The molecule has 112 valence electrons. The summed E-state index contributed by atoms with van der Waals surface area (Å²) in [6, 6.07) is 0. The van der Waals surface area contributed by atoms with Gasteiger partial charge in [0.05, 0.1) is 19.1 Å². The van der Waals surface area contributed by atoms with E-state index in [0.717, 1.165) is 6.42 Å². The molecule has 0 radical (unpaired) electrons. The van der Waals surface area contributed by atoms with Gasteiger partial charge in [0.2, 0.25) is 5.91 Å². The van der Waals surface area contributed by atoms with Gasteiger partial charge in [0, 0.05) is 19.0 Å². The Morgan fingerprint density at radius 3 is 2.74 bits per heavy atom. The summed E-state index contributed by atoms with van der Waals surface area (Å²) in [5, 5.41) is 9.68. The molecular weight excluding hydrogens is 263 g/mol. The number of carbonyl (C=O) groups is 1. The highest BCUT2D eigenvalue weighted by Gasteiger charge is 2.30. The molecular formula is C12H20F3NO3. The van der Waals surface area contributed by atoms with Crippen molar-refractivity contribution in [3.05, 3.63) is 0 Å². The van der Waals surface area contributed by atoms with Crippen molar-refractivity contribution in [2.75, 3.05) is 26.3 Å². The highest BCUT2D eigenvalue weighted by Crippen LogP contribution is 2.20. The molecule has 1 aliphatic rings. The van der Waals surface area contributed by atoms with Crippen LogP contribution in [0.15, 0.2) is 0 Å². The third-order valence-corrected chi connectivity index (χ3v) is 3.30. The van der Waals surface area contributed by atoms with Gasteiger partial charge in [0.25, 0.3) is 0 Å². The number of piperidine rings is 1. The Morgan fingerprint density at radius 1 is 1.47 bits per heavy atom. The number of aliphatic hydroxyl groups excluding tert-OH is 1. The van der Waals surface area contributed by atoms with Crippen molar-refractivity contribution in [3.8, 4) is 0 Å². The second-order valence-corrected chi connectivity index (χ2v) is 4.78. The van der Waals surface area contributed by atoms with Crippen LogP contribution in [0.3, 0.4) is 0 Å². The standard InChI is InChI=1S/C12H20F3NO3/c1-2-9-7-16(5-3-10(9)17)11(18)4-6-19-8-12(13,14)15/h9-10,17H,2-8H2,1H3. The maximum atomic E-state index is 11.8. The van der Waals surface area contributed by atoms with E-state index in [9.17, 15) is 23.1 Å². The van der Waals surface area contributed by atoms with Gasteiger partial charge in [-0.1, -0.05) is 6.92 Å². The second-order valence-electron chi connectivity index (χ2n) is 4.78. The van der Waals surface area contributed by atoms with Gasteiger partial charge in [-0.05, 0) is 12.8 Å². The maximum absolute atomic E-state index is 11.8. The number of hydrogen-bond donors (Lipinski definition) is 1. The highest BCUT2D eigenvalue weighted by molar-refractivity contribution is 5.76. The maximum Gasteiger partial charge on any atom is 0.411 e. The van der Waals surface area contributed by atoms with Crippen molar-refractivity contribution in [2.24, 2.45) is 5.92 Å². The monoisotopic (exact) mass is 283 g/mol. The van der Waals surface area contributed by atoms with E-state index in [2.05, 4.69) is 4.74 Å². The number of nitrogens with zero attached hydrogens (tertiary/aromatic N) is 1. The fraction of sp³-hybridized carbons (Fsp3) is 0.917. The fourth-order valence-corrected chi connectivity index (χ4v) is 2.15. The summed E-state index contributed by atoms with van der Waals surface area (Å²) in [5.41, 5.74) is 0. The summed E-state index contributed by atoms with van der Waals surface area (Å²) in [6.45, 7) is 1.31. The van der Waals surface area contributed by atoms with Gasteiger partial charge < -0.3 is 14.7 Å². The van der Waals surface area contributed by atoms with Crippen molar-refractivity contribution in [1.82, 2.24) is 4.90 Å². The quantitative estimate of drug-likeness (QED) is 0.779. The number of hydrogen-bond acceptors (Lipinski definition) is 3. The molecule has 0 spiro atoms. The normalized spacial score (nSPS) is 24.6. The first-order valence-corrected chi connectivity index (χ1v) is 6.43. The van der Waals surface area contributed by atoms with E-state index in [-0.39, 0.29) is 24.9 Å². The van der Waals surface area contributed by atoms with Gasteiger partial charge in [-0.15, -0.1) is 0 Å². The van der Waals surface area contributed by atoms with Gasteiger partial charge in [-0.2, -0.15) is 13.2 Å². The summed E-state index contributed by atoms with van der Waals surface area (Å²) in [7, 11) is 0. The predicted octanol–water partition coefficient (Wildman–Crippen LogP) is 1.57. The number of aliphatic hydroxyl groups is 1. The van der Waals surface area contributed by atoms with Gasteiger partial charge in [-0.3, -0.25) is 4.79 Å². The molecule has 1 N–H and O–H groups in total. The lowest BCUT2D eigenvalue weighted by atomic mass is 9.92. The lowest BCUT2D eigenvalue weighted by Gasteiger charge is -2.35. The summed E-state index contributed by atoms with van der Waals surface area (Å²) in [4.78, 5) is 13.4. The number of rotatable bonds is 5. The zero-order valence-corrected chi connectivity index (χ0v) is 10.9. The van der Waals surface area contributed by atoms with Crippen LogP contribution >= 0.6 is 0 Å². The van der Waals surface area contributed by atoms with Crippen LogP contribution in [0.25, 0.3) is 0 Å². The highest BCUT2D eigenvalue weighted by atomic mass is 19.4. The molecule has 0 bridgehead atoms. The SMILES string of the molecule is CCC1CN(C(=O)CCOCC(F)(F)F)CCC1O. The lowest BCUT2D eigenvalue weighted by molar-refractivity contribution is -0.175. The van der Waals surface area contributed by atoms with E-state index in [1.54, 1.807) is 4.90 Å². The first-order chi connectivity index (χ1) is 8.83. The van der Waals surface area contributed by atoms with Gasteiger partial charge >= 0.3 is 6.18 Å². The van der Waals surface area contributed by atoms with E-state index >= 15 is 0 Å². The largest absolute Gasteiger partial charge is 0.411 e. The first-order valence-electron chi connectivity index (χ1n) is 6.43. The molecule has 0 aliphatic carbocycles. The molecule has 19 heavy (non-hydrogen) atoms. The Morgan fingerprint density at radius 2 is 2.16 bits per heavy atom. The zero-order chi connectivity index (χ0) is 14.5. The smallest absolute Gasteiger partial charge is 0.393 e. The summed E-state index contributed by atoms with van der Waals surface area (Å²) >= 11 is 0. The van der Waals surface area contributed by atoms with E-state index in [0.29, 0.717) is 19.5 Å². The third-order valence-electron chi connectivity index (χ3n) is 3.30. The number of carbonyl (C=O) groups excluding carboxylic acids is 1. The topological polar surface area (TPSA) is 49.8 Å². The molecule has 2 atom stereocenters. The van der Waals surface area contributed by atoms with Crippen molar-refractivity contribution < 1.29 is 27.8 Å². The van der Waals surface area contributed by atoms with Crippen LogP contribution < -0.4 is 0 Å². The average molecular weight is 283 g/mol. The molecule has 0 saturated carbocycles. The van der Waals surface area contributed by atoms with E-state index in [1.807, 2.05) is 6.92 Å². The Kier molecular flexibility index (Phi) is 6.06. The van der Waals surface area contributed by atoms with Crippen LogP contribution in [-0.2, 0) is 9.53 Å². The minimum atomic E-state index is -4.36. The molecule has 1 rings (SSSR count). The fourth-order valence-electron chi connectivity index (χ4n) is 2.15. The van der Waals surface area contributed by atoms with Gasteiger partial charge in [0.1, 0.15) is 6.61 Å². The van der Waals surface area contributed by atoms with Crippen LogP contribution in [0.5, 0.6) is 0 Å². The molecule has 0 aromatic rings. The molecule has 1 aliphatic heterocycles. The Hall–Kier alpha value is -0.820. The summed E-state index contributed by atoms with van der Waals surface area (Å²) in [5.74, 6) is -0.165. The molecule has 4 nitrogen and oxygen atoms in total. The zero-order valence-electron chi connectivity index (χ0n) is 10.9. The molecule has 7 heteroatoms. The Bertz CT molecular complexity index is 296.